The monoisotopic (exact) mass is 325 g/mol. The molecule has 0 saturated carbocycles. The summed E-state index contributed by atoms with van der Waals surface area (Å²) in [6, 6.07) is 9.07. The molecule has 6 heteroatoms. The molecule has 3 heterocycles. The molecule has 2 saturated heterocycles. The minimum Gasteiger partial charge on any atom is -0.332 e. The van der Waals surface area contributed by atoms with Crippen molar-refractivity contribution in [1.29, 1.82) is 0 Å². The van der Waals surface area contributed by atoms with E-state index >= 15 is 0 Å². The summed E-state index contributed by atoms with van der Waals surface area (Å²) in [5, 5.41) is 10.5. The summed E-state index contributed by atoms with van der Waals surface area (Å²) in [6.45, 7) is 4.84. The Kier molecular flexibility index (Phi) is 3.76. The quantitative estimate of drug-likeness (QED) is 0.907. The number of nitrogens with zero attached hydrogens (tertiary/aromatic N) is 3. The van der Waals surface area contributed by atoms with Gasteiger partial charge in [0.15, 0.2) is 0 Å². The van der Waals surface area contributed by atoms with Gasteiger partial charge in [-0.15, -0.1) is 0 Å². The van der Waals surface area contributed by atoms with Gasteiger partial charge in [-0.3, -0.25) is 10.00 Å². The number of fused-ring (bicyclic) bond motifs is 1. The number of aromatic nitrogens is 2. The lowest BCUT2D eigenvalue weighted by Gasteiger charge is -2.35. The Labute approximate surface area is 141 Å². The van der Waals surface area contributed by atoms with E-state index < -0.39 is 0 Å². The molecule has 6 nitrogen and oxygen atoms in total. The topological polar surface area (TPSA) is 64.3 Å². The minimum atomic E-state index is 0.0515. The van der Waals surface area contributed by atoms with E-state index in [0.717, 1.165) is 31.7 Å². The van der Waals surface area contributed by atoms with Gasteiger partial charge < -0.3 is 10.2 Å². The second-order valence-electron chi connectivity index (χ2n) is 6.90. The Morgan fingerprint density at radius 3 is 3.08 bits per heavy atom. The van der Waals surface area contributed by atoms with Gasteiger partial charge in [-0.25, -0.2) is 4.79 Å². The standard InChI is InChI=1S/C18H23N5O/c1-12-4-3-5-13(8-12)17-14(9-19-21-17)10-23-7-6-16-15(11-23)20-18(24)22(16)2/h3-5,8-9,15-16H,6-7,10-11H2,1-2H3,(H,19,21)(H,20,24)/t15-,16+/m1/s1. The van der Waals surface area contributed by atoms with E-state index in [1.165, 1.54) is 16.7 Å². The van der Waals surface area contributed by atoms with E-state index in [9.17, 15) is 4.79 Å². The lowest BCUT2D eigenvalue weighted by molar-refractivity contribution is 0.147. The van der Waals surface area contributed by atoms with Crippen molar-refractivity contribution in [3.8, 4) is 11.3 Å². The molecule has 2 atom stereocenters. The second-order valence-corrected chi connectivity index (χ2v) is 6.90. The van der Waals surface area contributed by atoms with Crippen LogP contribution in [0.25, 0.3) is 11.3 Å². The van der Waals surface area contributed by atoms with Gasteiger partial charge >= 0.3 is 6.03 Å². The number of nitrogens with one attached hydrogen (secondary N) is 2. The fourth-order valence-electron chi connectivity index (χ4n) is 3.89. The van der Waals surface area contributed by atoms with Crippen LogP contribution < -0.4 is 5.32 Å². The summed E-state index contributed by atoms with van der Waals surface area (Å²) in [7, 11) is 1.89. The number of H-pyrrole nitrogens is 1. The second kappa shape index (κ2) is 5.94. The Hall–Kier alpha value is -2.34. The van der Waals surface area contributed by atoms with E-state index in [0.29, 0.717) is 6.04 Å². The zero-order valence-corrected chi connectivity index (χ0v) is 14.1. The van der Waals surface area contributed by atoms with Gasteiger partial charge in [0.2, 0.25) is 0 Å². The number of hydrogen-bond acceptors (Lipinski definition) is 3. The molecule has 126 valence electrons. The number of amides is 2. The fraction of sp³-hybridized carbons (Fsp3) is 0.444. The number of rotatable bonds is 3. The lowest BCUT2D eigenvalue weighted by atomic mass is 9.99. The number of likely N-dealkylation sites (tertiary alicyclic amines) is 1. The maximum absolute atomic E-state index is 11.8. The zero-order chi connectivity index (χ0) is 16.7. The van der Waals surface area contributed by atoms with Crippen molar-refractivity contribution in [3.05, 3.63) is 41.6 Å². The molecule has 2 fully saturated rings. The summed E-state index contributed by atoms with van der Waals surface area (Å²) >= 11 is 0. The van der Waals surface area contributed by atoms with Crippen LogP contribution in [0.5, 0.6) is 0 Å². The van der Waals surface area contributed by atoms with E-state index in [-0.39, 0.29) is 12.1 Å². The Bertz CT molecular complexity index is 755. The molecule has 2 amide bonds. The van der Waals surface area contributed by atoms with Crippen LogP contribution in [-0.2, 0) is 6.54 Å². The first-order valence-corrected chi connectivity index (χ1v) is 8.47. The number of aryl methyl sites for hydroxylation is 1. The van der Waals surface area contributed by atoms with Crippen LogP contribution in [0, 0.1) is 6.92 Å². The highest BCUT2D eigenvalue weighted by molar-refractivity contribution is 5.77. The van der Waals surface area contributed by atoms with Gasteiger partial charge in [-0.2, -0.15) is 5.10 Å². The minimum absolute atomic E-state index is 0.0515. The number of carbonyl (C=O) groups excluding carboxylic acids is 1. The van der Waals surface area contributed by atoms with Crippen molar-refractivity contribution < 1.29 is 4.79 Å². The molecule has 24 heavy (non-hydrogen) atoms. The molecule has 2 N–H and O–H groups in total. The van der Waals surface area contributed by atoms with Gasteiger partial charge in [-0.05, 0) is 19.4 Å². The maximum atomic E-state index is 11.8. The van der Waals surface area contributed by atoms with Crippen LogP contribution in [-0.4, -0.2) is 58.2 Å². The molecule has 0 unspecified atom stereocenters. The summed E-state index contributed by atoms with van der Waals surface area (Å²) in [4.78, 5) is 16.1. The molecule has 2 aromatic rings. The number of benzene rings is 1. The van der Waals surface area contributed by atoms with Crippen LogP contribution in [0.2, 0.25) is 0 Å². The van der Waals surface area contributed by atoms with E-state index in [1.807, 2.05) is 18.1 Å². The fourth-order valence-corrected chi connectivity index (χ4v) is 3.89. The van der Waals surface area contributed by atoms with Crippen LogP contribution in [0.15, 0.2) is 30.5 Å². The average Bonchev–Trinajstić information content (AvgIpc) is 3.13. The summed E-state index contributed by atoms with van der Waals surface area (Å²) in [5.41, 5.74) is 4.71. The zero-order valence-electron chi connectivity index (χ0n) is 14.1. The first-order valence-electron chi connectivity index (χ1n) is 8.47. The van der Waals surface area contributed by atoms with Crippen molar-refractivity contribution in [3.63, 3.8) is 0 Å². The number of aromatic amines is 1. The van der Waals surface area contributed by atoms with Crippen molar-refractivity contribution in [2.75, 3.05) is 20.1 Å². The van der Waals surface area contributed by atoms with Crippen molar-refractivity contribution in [1.82, 2.24) is 25.3 Å². The van der Waals surface area contributed by atoms with Crippen LogP contribution in [0.4, 0.5) is 4.79 Å². The number of likely N-dealkylation sites (N-methyl/N-ethyl adjacent to an activating group) is 1. The summed E-state index contributed by atoms with van der Waals surface area (Å²) < 4.78 is 0. The normalized spacial score (nSPS) is 24.1. The molecule has 0 aliphatic carbocycles. The lowest BCUT2D eigenvalue weighted by Crippen LogP contribution is -2.50. The number of urea groups is 1. The molecule has 1 aromatic heterocycles. The molecule has 2 aliphatic heterocycles. The van der Waals surface area contributed by atoms with Gasteiger partial charge in [0.1, 0.15) is 0 Å². The molecule has 4 rings (SSSR count). The van der Waals surface area contributed by atoms with E-state index in [4.69, 9.17) is 0 Å². The largest absolute Gasteiger partial charge is 0.332 e. The summed E-state index contributed by atoms with van der Waals surface area (Å²) in [6.07, 6.45) is 2.93. The molecule has 0 bridgehead atoms. The molecular weight excluding hydrogens is 302 g/mol. The molecule has 0 radical (unpaired) electrons. The SMILES string of the molecule is Cc1cccc(-c2[nH]ncc2CN2CC[C@H]3[C@@H](C2)NC(=O)N3C)c1. The van der Waals surface area contributed by atoms with Gasteiger partial charge in [-0.1, -0.05) is 23.8 Å². The van der Waals surface area contributed by atoms with Gasteiger partial charge in [0.05, 0.1) is 24.0 Å². The molecule has 0 spiro atoms. The van der Waals surface area contributed by atoms with E-state index in [1.54, 1.807) is 0 Å². The number of piperidine rings is 1. The van der Waals surface area contributed by atoms with Gasteiger partial charge in [0, 0.05) is 37.8 Å². The van der Waals surface area contributed by atoms with Crippen molar-refractivity contribution in [2.45, 2.75) is 32.0 Å². The molecule has 2 aliphatic rings. The third kappa shape index (κ3) is 2.67. The Balaban J connectivity index is 1.49. The third-order valence-corrected chi connectivity index (χ3v) is 5.21. The smallest absolute Gasteiger partial charge is 0.317 e. The first-order chi connectivity index (χ1) is 11.6. The highest BCUT2D eigenvalue weighted by Crippen LogP contribution is 2.26. The van der Waals surface area contributed by atoms with Crippen molar-refractivity contribution >= 4 is 6.03 Å². The highest BCUT2D eigenvalue weighted by Gasteiger charge is 2.40. The average molecular weight is 325 g/mol. The van der Waals surface area contributed by atoms with Crippen LogP contribution in [0.1, 0.15) is 17.5 Å². The van der Waals surface area contributed by atoms with Crippen LogP contribution >= 0.6 is 0 Å². The van der Waals surface area contributed by atoms with Gasteiger partial charge in [0.25, 0.3) is 0 Å². The Morgan fingerprint density at radius 1 is 1.38 bits per heavy atom. The van der Waals surface area contributed by atoms with Crippen molar-refractivity contribution in [2.24, 2.45) is 0 Å². The molecular formula is C18H23N5O. The number of hydrogen-bond donors (Lipinski definition) is 2. The van der Waals surface area contributed by atoms with E-state index in [2.05, 4.69) is 51.6 Å². The predicted molar refractivity (Wildman–Crippen MR) is 92.5 cm³/mol. The third-order valence-electron chi connectivity index (χ3n) is 5.21. The van der Waals surface area contributed by atoms with Crippen LogP contribution in [0.3, 0.4) is 0 Å². The number of carbonyl (C=O) groups is 1. The molecule has 1 aromatic carbocycles. The summed E-state index contributed by atoms with van der Waals surface area (Å²) in [5.74, 6) is 0. The predicted octanol–water partition coefficient (Wildman–Crippen LogP) is 1.98. The Morgan fingerprint density at radius 2 is 2.25 bits per heavy atom. The maximum Gasteiger partial charge on any atom is 0.317 e. The highest BCUT2D eigenvalue weighted by atomic mass is 16.2. The first kappa shape index (κ1) is 15.2.